The van der Waals surface area contributed by atoms with E-state index in [0.717, 1.165) is 16.8 Å². The molecule has 0 aliphatic heterocycles. The third kappa shape index (κ3) is 3.43. The van der Waals surface area contributed by atoms with Crippen LogP contribution in [0, 0.1) is 13.8 Å². The summed E-state index contributed by atoms with van der Waals surface area (Å²) in [7, 11) is 0. The monoisotopic (exact) mass is 303 g/mol. The molecule has 3 rings (SSSR count). The van der Waals surface area contributed by atoms with Crippen LogP contribution in [0.1, 0.15) is 21.5 Å². The number of hydrogen-bond acceptors (Lipinski definition) is 2. The molecule has 3 aromatic rings. The maximum atomic E-state index is 12.3. The Labute approximate surface area is 134 Å². The summed E-state index contributed by atoms with van der Waals surface area (Å²) >= 11 is 0. The minimum Gasteiger partial charge on any atom is -0.267 e. The van der Waals surface area contributed by atoms with Gasteiger partial charge in [-0.05, 0) is 43.7 Å². The number of aromatic nitrogens is 2. The fourth-order valence-electron chi connectivity index (χ4n) is 2.38. The first-order chi connectivity index (χ1) is 11.1. The first-order valence-corrected chi connectivity index (χ1v) is 7.40. The van der Waals surface area contributed by atoms with Gasteiger partial charge in [-0.15, -0.1) is 0 Å². The quantitative estimate of drug-likeness (QED) is 0.729. The Hall–Kier alpha value is -3.01. The normalized spacial score (nSPS) is 11.5. The van der Waals surface area contributed by atoms with Crippen LogP contribution in [-0.4, -0.2) is 15.7 Å². The van der Waals surface area contributed by atoms with Crippen molar-refractivity contribution in [2.24, 2.45) is 4.99 Å². The second kappa shape index (κ2) is 6.40. The highest BCUT2D eigenvalue weighted by atomic mass is 16.1. The Morgan fingerprint density at radius 3 is 2.48 bits per heavy atom. The van der Waals surface area contributed by atoms with Gasteiger partial charge in [-0.25, -0.2) is 9.67 Å². The summed E-state index contributed by atoms with van der Waals surface area (Å²) in [5, 5.41) is 4.85. The molecule has 0 aliphatic rings. The van der Waals surface area contributed by atoms with Crippen molar-refractivity contribution >= 4 is 5.91 Å². The molecule has 0 unspecified atom stereocenters. The van der Waals surface area contributed by atoms with Gasteiger partial charge in [0.1, 0.15) is 0 Å². The molecule has 4 nitrogen and oxygen atoms in total. The van der Waals surface area contributed by atoms with Crippen molar-refractivity contribution in [2.75, 3.05) is 0 Å². The van der Waals surface area contributed by atoms with Crippen molar-refractivity contribution in [3.05, 3.63) is 89.0 Å². The van der Waals surface area contributed by atoms with Crippen LogP contribution in [0.5, 0.6) is 0 Å². The van der Waals surface area contributed by atoms with E-state index in [0.29, 0.717) is 10.9 Å². The van der Waals surface area contributed by atoms with Crippen molar-refractivity contribution in [1.82, 2.24) is 9.78 Å². The van der Waals surface area contributed by atoms with Gasteiger partial charge in [0, 0.05) is 11.8 Å². The van der Waals surface area contributed by atoms with Crippen LogP contribution in [0.25, 0.3) is 5.69 Å². The number of rotatable bonds is 2. The topological polar surface area (TPSA) is 47.2 Å². The van der Waals surface area contributed by atoms with Gasteiger partial charge in [-0.1, -0.05) is 35.9 Å². The predicted octanol–water partition coefficient (Wildman–Crippen LogP) is 3.23. The summed E-state index contributed by atoms with van der Waals surface area (Å²) in [5.74, 6) is -0.248. The standard InChI is InChI=1S/C19H17N3O/c1-14-8-9-18(15(2)12-14)19(23)21-16-10-11-22(20-13-16)17-6-4-3-5-7-17/h3-13H,1-2H3. The van der Waals surface area contributed by atoms with Crippen LogP contribution in [0.2, 0.25) is 0 Å². The molecule has 2 aromatic carbocycles. The molecule has 0 aliphatic carbocycles. The molecular weight excluding hydrogens is 286 g/mol. The van der Waals surface area contributed by atoms with Gasteiger partial charge in [0.05, 0.1) is 17.2 Å². The van der Waals surface area contributed by atoms with E-state index in [1.807, 2.05) is 62.4 Å². The van der Waals surface area contributed by atoms with E-state index < -0.39 is 0 Å². The number of carbonyl (C=O) groups is 1. The lowest BCUT2D eigenvalue weighted by Gasteiger charge is -2.04. The van der Waals surface area contributed by atoms with E-state index in [4.69, 9.17) is 0 Å². The Bertz CT molecular complexity index is 891. The maximum absolute atomic E-state index is 12.3. The second-order valence-corrected chi connectivity index (χ2v) is 5.40. The number of amides is 1. The van der Waals surface area contributed by atoms with E-state index in [9.17, 15) is 4.79 Å². The highest BCUT2D eigenvalue weighted by Crippen LogP contribution is 2.11. The molecule has 1 aromatic heterocycles. The van der Waals surface area contributed by atoms with E-state index in [1.165, 1.54) is 0 Å². The molecule has 114 valence electrons. The average molecular weight is 303 g/mol. The molecule has 0 N–H and O–H groups in total. The third-order valence-electron chi connectivity index (χ3n) is 3.56. The summed E-state index contributed by atoms with van der Waals surface area (Å²) in [6.07, 6.45) is 3.39. The molecule has 0 bridgehead atoms. The first kappa shape index (κ1) is 14.9. The molecule has 0 fully saturated rings. The summed E-state index contributed by atoms with van der Waals surface area (Å²) in [6.45, 7) is 3.92. The van der Waals surface area contributed by atoms with Crippen LogP contribution >= 0.6 is 0 Å². The highest BCUT2D eigenvalue weighted by Gasteiger charge is 2.07. The summed E-state index contributed by atoms with van der Waals surface area (Å²) in [5.41, 5.74) is 3.64. The summed E-state index contributed by atoms with van der Waals surface area (Å²) < 4.78 is 1.74. The van der Waals surface area contributed by atoms with Crippen molar-refractivity contribution in [1.29, 1.82) is 0 Å². The Morgan fingerprint density at radius 1 is 1.04 bits per heavy atom. The van der Waals surface area contributed by atoms with Crippen molar-refractivity contribution in [3.63, 3.8) is 0 Å². The summed E-state index contributed by atoms with van der Waals surface area (Å²) in [4.78, 5) is 16.4. The number of carbonyl (C=O) groups excluding carboxylic acids is 1. The van der Waals surface area contributed by atoms with Gasteiger partial charge in [0.25, 0.3) is 5.91 Å². The van der Waals surface area contributed by atoms with Gasteiger partial charge in [0.15, 0.2) is 0 Å². The van der Waals surface area contributed by atoms with E-state index in [2.05, 4.69) is 10.1 Å². The van der Waals surface area contributed by atoms with Crippen LogP contribution in [0.15, 0.2) is 72.0 Å². The number of benzene rings is 2. The van der Waals surface area contributed by atoms with Gasteiger partial charge in [-0.2, -0.15) is 5.10 Å². The lowest BCUT2D eigenvalue weighted by molar-refractivity contribution is 0.0998. The number of hydrogen-bond donors (Lipinski definition) is 0. The Morgan fingerprint density at radius 2 is 1.83 bits per heavy atom. The molecular formula is C19H17N3O. The van der Waals surface area contributed by atoms with Crippen molar-refractivity contribution in [2.45, 2.75) is 13.8 Å². The zero-order valence-electron chi connectivity index (χ0n) is 13.1. The average Bonchev–Trinajstić information content (AvgIpc) is 2.56. The Balaban J connectivity index is 1.89. The van der Waals surface area contributed by atoms with Crippen molar-refractivity contribution < 1.29 is 4.79 Å². The third-order valence-corrected chi connectivity index (χ3v) is 3.56. The summed E-state index contributed by atoms with van der Waals surface area (Å²) in [6, 6.07) is 17.3. The molecule has 0 atom stereocenters. The maximum Gasteiger partial charge on any atom is 0.277 e. The van der Waals surface area contributed by atoms with Gasteiger partial charge < -0.3 is 0 Å². The zero-order chi connectivity index (χ0) is 16.2. The molecule has 0 saturated carbocycles. The fourth-order valence-corrected chi connectivity index (χ4v) is 2.38. The number of aryl methyl sites for hydroxylation is 2. The van der Waals surface area contributed by atoms with Gasteiger partial charge in [0.2, 0.25) is 0 Å². The number of para-hydroxylation sites is 1. The zero-order valence-corrected chi connectivity index (χ0v) is 13.1. The minimum absolute atomic E-state index is 0.248. The molecule has 0 saturated heterocycles. The highest BCUT2D eigenvalue weighted by molar-refractivity contribution is 5.96. The van der Waals surface area contributed by atoms with E-state index >= 15 is 0 Å². The molecule has 1 heterocycles. The largest absolute Gasteiger partial charge is 0.277 e. The van der Waals surface area contributed by atoms with Crippen LogP contribution in [-0.2, 0) is 0 Å². The van der Waals surface area contributed by atoms with Gasteiger partial charge in [-0.3, -0.25) is 4.79 Å². The fraction of sp³-hybridized carbons (Fsp3) is 0.105. The molecule has 4 heteroatoms. The van der Waals surface area contributed by atoms with Gasteiger partial charge >= 0.3 is 0 Å². The molecule has 1 amide bonds. The van der Waals surface area contributed by atoms with Crippen molar-refractivity contribution in [3.8, 4) is 5.69 Å². The van der Waals surface area contributed by atoms with Crippen LogP contribution in [0.4, 0.5) is 0 Å². The Kier molecular flexibility index (Phi) is 4.15. The minimum atomic E-state index is -0.248. The van der Waals surface area contributed by atoms with Crippen LogP contribution < -0.4 is 5.36 Å². The SMILES string of the molecule is Cc1ccc(C(=O)N=c2ccn(-c3ccccc3)nc2)c(C)c1. The van der Waals surface area contributed by atoms with Crippen LogP contribution in [0.3, 0.4) is 0 Å². The molecule has 0 spiro atoms. The smallest absolute Gasteiger partial charge is 0.267 e. The molecule has 23 heavy (non-hydrogen) atoms. The van der Waals surface area contributed by atoms with E-state index in [-0.39, 0.29) is 5.91 Å². The first-order valence-electron chi connectivity index (χ1n) is 7.40. The van der Waals surface area contributed by atoms with E-state index in [1.54, 1.807) is 23.1 Å². The molecule has 0 radical (unpaired) electrons. The lowest BCUT2D eigenvalue weighted by Crippen LogP contribution is -2.11. The second-order valence-electron chi connectivity index (χ2n) is 5.40. The number of nitrogens with zero attached hydrogens (tertiary/aromatic N) is 3. The predicted molar refractivity (Wildman–Crippen MR) is 89.4 cm³/mol. The lowest BCUT2D eigenvalue weighted by atomic mass is 10.1.